The number of halogens is 1. The van der Waals surface area contributed by atoms with Crippen LogP contribution in [0.2, 0.25) is 0 Å². The van der Waals surface area contributed by atoms with Crippen LogP contribution in [0.3, 0.4) is 0 Å². The Balaban J connectivity index is 2.06. The van der Waals surface area contributed by atoms with Crippen molar-refractivity contribution in [3.05, 3.63) is 64.6 Å². The fourth-order valence-electron chi connectivity index (χ4n) is 1.77. The molecular formula is C15H14BrNO4S. The van der Waals surface area contributed by atoms with E-state index in [9.17, 15) is 13.2 Å². The van der Waals surface area contributed by atoms with Gasteiger partial charge in [-0.15, -0.1) is 0 Å². The molecule has 1 N–H and O–H groups in total. The summed E-state index contributed by atoms with van der Waals surface area (Å²) in [7, 11) is -3.94. The third-order valence-electron chi connectivity index (χ3n) is 3.03. The molecule has 0 radical (unpaired) electrons. The molecule has 0 unspecified atom stereocenters. The number of rotatable bonds is 5. The molecule has 22 heavy (non-hydrogen) atoms. The van der Waals surface area contributed by atoms with Gasteiger partial charge in [0.1, 0.15) is 0 Å². The average Bonchev–Trinajstić information content (AvgIpc) is 2.53. The Morgan fingerprint density at radius 3 is 2.32 bits per heavy atom. The van der Waals surface area contributed by atoms with E-state index in [1.807, 2.05) is 11.0 Å². The predicted octanol–water partition coefficient (Wildman–Crippen LogP) is 2.99. The van der Waals surface area contributed by atoms with Gasteiger partial charge in [-0.2, -0.15) is 0 Å². The highest BCUT2D eigenvalue weighted by molar-refractivity contribution is 9.10. The van der Waals surface area contributed by atoms with Gasteiger partial charge in [-0.25, -0.2) is 13.2 Å². The first kappa shape index (κ1) is 16.7. The van der Waals surface area contributed by atoms with Gasteiger partial charge < -0.3 is 4.84 Å². The highest BCUT2D eigenvalue weighted by Gasteiger charge is 2.22. The average molecular weight is 384 g/mol. The smallest absolute Gasteiger partial charge is 0.333 e. The molecule has 2 aromatic rings. The number of hydrogen-bond acceptors (Lipinski definition) is 4. The first-order valence-electron chi connectivity index (χ1n) is 6.44. The van der Waals surface area contributed by atoms with Crippen LogP contribution in [-0.2, 0) is 19.7 Å². The molecule has 0 aromatic heterocycles. The molecule has 0 amide bonds. The molecule has 0 aliphatic carbocycles. The zero-order valence-electron chi connectivity index (χ0n) is 11.7. The Bertz CT molecular complexity index is 762. The fourth-order valence-corrected chi connectivity index (χ4v) is 3.56. The van der Waals surface area contributed by atoms with Crippen molar-refractivity contribution < 1.29 is 18.0 Å². The minimum absolute atomic E-state index is 0.00448. The maximum absolute atomic E-state index is 12.1. The van der Waals surface area contributed by atoms with E-state index in [1.165, 1.54) is 6.07 Å². The van der Waals surface area contributed by atoms with E-state index in [0.717, 1.165) is 5.56 Å². The first-order valence-corrected chi connectivity index (χ1v) is 8.71. The second kappa shape index (κ2) is 7.04. The fraction of sp³-hybridized carbons (Fsp3) is 0.133. The molecule has 0 aliphatic heterocycles. The summed E-state index contributed by atoms with van der Waals surface area (Å²) in [6.07, 6.45) is 0. The van der Waals surface area contributed by atoms with E-state index < -0.39 is 21.9 Å². The van der Waals surface area contributed by atoms with E-state index in [4.69, 9.17) is 4.84 Å². The van der Waals surface area contributed by atoms with Gasteiger partial charge >= 0.3 is 5.97 Å². The molecule has 0 spiro atoms. The van der Waals surface area contributed by atoms with Crippen LogP contribution in [0.4, 0.5) is 0 Å². The molecule has 2 rings (SSSR count). The predicted molar refractivity (Wildman–Crippen MR) is 85.4 cm³/mol. The van der Waals surface area contributed by atoms with Gasteiger partial charge in [-0.1, -0.05) is 42.5 Å². The molecule has 1 atom stereocenters. The van der Waals surface area contributed by atoms with Crippen LogP contribution in [0, 0.1) is 0 Å². The number of sulfonamides is 1. The van der Waals surface area contributed by atoms with Gasteiger partial charge in [0.2, 0.25) is 0 Å². The Morgan fingerprint density at radius 1 is 1.09 bits per heavy atom. The lowest BCUT2D eigenvalue weighted by Crippen LogP contribution is -2.29. The van der Waals surface area contributed by atoms with Gasteiger partial charge in [0.15, 0.2) is 0 Å². The van der Waals surface area contributed by atoms with Gasteiger partial charge in [0, 0.05) is 4.47 Å². The first-order chi connectivity index (χ1) is 10.4. The van der Waals surface area contributed by atoms with Crippen molar-refractivity contribution in [2.45, 2.75) is 17.7 Å². The van der Waals surface area contributed by atoms with Gasteiger partial charge in [-0.05, 0) is 45.4 Å². The lowest BCUT2D eigenvalue weighted by atomic mass is 10.0. The van der Waals surface area contributed by atoms with Crippen molar-refractivity contribution in [1.82, 2.24) is 4.89 Å². The molecule has 0 fully saturated rings. The summed E-state index contributed by atoms with van der Waals surface area (Å²) >= 11 is 3.15. The topological polar surface area (TPSA) is 72.5 Å². The van der Waals surface area contributed by atoms with Crippen molar-refractivity contribution in [2.75, 3.05) is 0 Å². The summed E-state index contributed by atoms with van der Waals surface area (Å²) < 4.78 is 24.6. The summed E-state index contributed by atoms with van der Waals surface area (Å²) in [5.41, 5.74) is 0.743. The molecule has 0 saturated heterocycles. The van der Waals surface area contributed by atoms with Crippen LogP contribution >= 0.6 is 15.9 Å². The number of carbonyl (C=O) groups is 1. The Labute approximate surface area is 137 Å². The van der Waals surface area contributed by atoms with Crippen molar-refractivity contribution in [3.8, 4) is 0 Å². The molecule has 0 saturated carbocycles. The van der Waals surface area contributed by atoms with E-state index in [2.05, 4.69) is 15.9 Å². The lowest BCUT2D eigenvalue weighted by Gasteiger charge is -2.12. The van der Waals surface area contributed by atoms with Crippen molar-refractivity contribution in [1.29, 1.82) is 0 Å². The number of nitrogens with one attached hydrogen (secondary N) is 1. The van der Waals surface area contributed by atoms with Crippen LogP contribution < -0.4 is 4.89 Å². The van der Waals surface area contributed by atoms with E-state index in [1.54, 1.807) is 49.4 Å². The van der Waals surface area contributed by atoms with Crippen LogP contribution in [0.5, 0.6) is 0 Å². The summed E-state index contributed by atoms with van der Waals surface area (Å²) in [5, 5.41) is 0. The van der Waals surface area contributed by atoms with Gasteiger partial charge in [0.25, 0.3) is 10.0 Å². The van der Waals surface area contributed by atoms with E-state index in [0.29, 0.717) is 4.47 Å². The van der Waals surface area contributed by atoms with E-state index >= 15 is 0 Å². The van der Waals surface area contributed by atoms with Gasteiger partial charge in [0.05, 0.1) is 10.8 Å². The highest BCUT2D eigenvalue weighted by atomic mass is 79.9. The Hall–Kier alpha value is -1.70. The van der Waals surface area contributed by atoms with Crippen LogP contribution in [0.15, 0.2) is 64.0 Å². The number of benzene rings is 2. The summed E-state index contributed by atoms with van der Waals surface area (Å²) in [6, 6.07) is 15.2. The maximum Gasteiger partial charge on any atom is 0.333 e. The molecule has 0 aliphatic rings. The molecule has 0 bridgehead atoms. The lowest BCUT2D eigenvalue weighted by molar-refractivity contribution is -0.148. The van der Waals surface area contributed by atoms with Crippen molar-refractivity contribution in [3.63, 3.8) is 0 Å². The Kier molecular flexibility index (Phi) is 5.33. The number of carbonyl (C=O) groups excluding carboxylic acids is 1. The molecule has 0 heterocycles. The quantitative estimate of drug-likeness (QED) is 0.805. The summed E-state index contributed by atoms with van der Waals surface area (Å²) in [4.78, 5) is 18.5. The maximum atomic E-state index is 12.1. The van der Waals surface area contributed by atoms with E-state index in [-0.39, 0.29) is 4.90 Å². The molecular weight excluding hydrogens is 370 g/mol. The third kappa shape index (κ3) is 3.94. The largest absolute Gasteiger partial charge is 0.355 e. The molecule has 2 aromatic carbocycles. The zero-order chi connectivity index (χ0) is 16.2. The number of hydrogen-bond donors (Lipinski definition) is 1. The standard InChI is InChI=1S/C15H14BrNO4S/c1-11(12-7-3-2-4-8-12)15(18)21-17-22(19,20)14-10-6-5-9-13(14)16/h2-11,17H,1H3/t11-/m1/s1. The van der Waals surface area contributed by atoms with Crippen molar-refractivity contribution >= 4 is 31.9 Å². The van der Waals surface area contributed by atoms with Crippen molar-refractivity contribution in [2.24, 2.45) is 0 Å². The second-order valence-corrected chi connectivity index (χ2v) is 7.04. The minimum atomic E-state index is -3.94. The summed E-state index contributed by atoms with van der Waals surface area (Å²) in [6.45, 7) is 1.64. The monoisotopic (exact) mass is 383 g/mol. The normalized spacial score (nSPS) is 12.6. The summed E-state index contributed by atoms with van der Waals surface area (Å²) in [5.74, 6) is -1.26. The van der Waals surface area contributed by atoms with Crippen LogP contribution in [0.1, 0.15) is 18.4 Å². The third-order valence-corrected chi connectivity index (χ3v) is 5.22. The zero-order valence-corrected chi connectivity index (χ0v) is 14.1. The second-order valence-electron chi connectivity index (χ2n) is 4.57. The molecule has 5 nitrogen and oxygen atoms in total. The SMILES string of the molecule is C[C@@H](C(=O)ONS(=O)(=O)c1ccccc1Br)c1ccccc1. The highest BCUT2D eigenvalue weighted by Crippen LogP contribution is 2.21. The molecule has 7 heteroatoms. The van der Waals surface area contributed by atoms with Crippen LogP contribution in [0.25, 0.3) is 0 Å². The Morgan fingerprint density at radius 2 is 1.68 bits per heavy atom. The minimum Gasteiger partial charge on any atom is -0.355 e. The molecule has 116 valence electrons. The van der Waals surface area contributed by atoms with Gasteiger partial charge in [-0.3, -0.25) is 0 Å². The van der Waals surface area contributed by atoms with Crippen LogP contribution in [-0.4, -0.2) is 14.4 Å².